The van der Waals surface area contributed by atoms with Gasteiger partial charge in [-0.25, -0.2) is 15.8 Å². The van der Waals surface area contributed by atoms with Gasteiger partial charge in [0.1, 0.15) is 22.4 Å². The molecule has 6 heteroatoms. The predicted octanol–water partition coefficient (Wildman–Crippen LogP) is 2.23. The summed E-state index contributed by atoms with van der Waals surface area (Å²) < 4.78 is 5.18. The van der Waals surface area contributed by atoms with Crippen LogP contribution in [0.4, 0.5) is 5.82 Å². The molecule has 0 saturated carbocycles. The molecule has 0 saturated heterocycles. The molecule has 0 aliphatic heterocycles. The molecular weight excluding hydrogens is 248 g/mol. The van der Waals surface area contributed by atoms with E-state index in [0.717, 1.165) is 15.7 Å². The van der Waals surface area contributed by atoms with Crippen molar-refractivity contribution < 1.29 is 4.74 Å². The standard InChI is InChI=1S/C12H14N4OS/c1-8-14-11(16-13)7-12(15-8)18-10-5-3-4-9(6-10)17-2/h3-7H,13H2,1-2H3,(H,14,15,16). The van der Waals surface area contributed by atoms with Crippen LogP contribution in [0.3, 0.4) is 0 Å². The minimum absolute atomic E-state index is 0.605. The second-order valence-electron chi connectivity index (χ2n) is 3.56. The molecule has 18 heavy (non-hydrogen) atoms. The molecule has 2 aromatic rings. The Labute approximate surface area is 110 Å². The summed E-state index contributed by atoms with van der Waals surface area (Å²) in [6, 6.07) is 9.61. The molecule has 0 spiro atoms. The third-order valence-corrected chi connectivity index (χ3v) is 3.13. The van der Waals surface area contributed by atoms with Gasteiger partial charge in [-0.05, 0) is 25.1 Å². The van der Waals surface area contributed by atoms with Gasteiger partial charge in [0.2, 0.25) is 0 Å². The van der Waals surface area contributed by atoms with Crippen LogP contribution in [0.1, 0.15) is 5.82 Å². The maximum Gasteiger partial charge on any atom is 0.144 e. The molecule has 0 aliphatic rings. The largest absolute Gasteiger partial charge is 0.497 e. The number of aryl methyl sites for hydroxylation is 1. The van der Waals surface area contributed by atoms with E-state index < -0.39 is 0 Å². The first-order chi connectivity index (χ1) is 8.71. The number of nitrogens with one attached hydrogen (secondary N) is 1. The lowest BCUT2D eigenvalue weighted by molar-refractivity contribution is 0.413. The van der Waals surface area contributed by atoms with Crippen molar-refractivity contribution in [1.82, 2.24) is 9.97 Å². The van der Waals surface area contributed by atoms with Gasteiger partial charge in [0, 0.05) is 11.0 Å². The highest BCUT2D eigenvalue weighted by Gasteiger charge is 2.04. The molecule has 0 amide bonds. The van der Waals surface area contributed by atoms with Crippen LogP contribution < -0.4 is 16.0 Å². The topological polar surface area (TPSA) is 73.1 Å². The summed E-state index contributed by atoms with van der Waals surface area (Å²) in [7, 11) is 1.65. The van der Waals surface area contributed by atoms with Gasteiger partial charge in [-0.3, -0.25) is 0 Å². The highest BCUT2D eigenvalue weighted by Crippen LogP contribution is 2.29. The zero-order chi connectivity index (χ0) is 13.0. The van der Waals surface area contributed by atoms with E-state index in [2.05, 4.69) is 15.4 Å². The SMILES string of the molecule is COc1cccc(Sc2cc(NN)nc(C)n2)c1. The van der Waals surface area contributed by atoms with Gasteiger partial charge in [-0.2, -0.15) is 0 Å². The van der Waals surface area contributed by atoms with Crippen LogP contribution in [0.2, 0.25) is 0 Å². The lowest BCUT2D eigenvalue weighted by Gasteiger charge is -2.06. The van der Waals surface area contributed by atoms with E-state index in [9.17, 15) is 0 Å². The Balaban J connectivity index is 2.24. The number of ether oxygens (including phenoxy) is 1. The number of aromatic nitrogens is 2. The molecule has 2 rings (SSSR count). The summed E-state index contributed by atoms with van der Waals surface area (Å²) in [5.41, 5.74) is 2.53. The molecule has 5 nitrogen and oxygen atoms in total. The molecule has 0 radical (unpaired) electrons. The molecule has 0 fully saturated rings. The number of hydrogen-bond acceptors (Lipinski definition) is 6. The number of benzene rings is 1. The predicted molar refractivity (Wildman–Crippen MR) is 71.7 cm³/mol. The fraction of sp³-hybridized carbons (Fsp3) is 0.167. The summed E-state index contributed by atoms with van der Waals surface area (Å²) in [4.78, 5) is 9.54. The van der Waals surface area contributed by atoms with Crippen LogP contribution >= 0.6 is 11.8 Å². The number of nitrogens with zero attached hydrogens (tertiary/aromatic N) is 2. The number of nitrogens with two attached hydrogens (primary N) is 1. The normalized spacial score (nSPS) is 10.2. The van der Waals surface area contributed by atoms with Gasteiger partial charge in [0.05, 0.1) is 7.11 Å². The van der Waals surface area contributed by atoms with Crippen molar-refractivity contribution in [3.05, 3.63) is 36.2 Å². The number of rotatable bonds is 4. The average molecular weight is 262 g/mol. The second-order valence-corrected chi connectivity index (χ2v) is 4.66. The summed E-state index contributed by atoms with van der Waals surface area (Å²) in [5, 5.41) is 0.837. The summed E-state index contributed by atoms with van der Waals surface area (Å²) >= 11 is 1.53. The van der Waals surface area contributed by atoms with E-state index in [0.29, 0.717) is 11.6 Å². The van der Waals surface area contributed by atoms with Crippen molar-refractivity contribution in [1.29, 1.82) is 0 Å². The molecule has 94 valence electrons. The molecule has 0 unspecified atom stereocenters. The van der Waals surface area contributed by atoms with E-state index in [1.165, 1.54) is 11.8 Å². The number of hydrazine groups is 1. The Hall–Kier alpha value is -1.79. The van der Waals surface area contributed by atoms with Crippen molar-refractivity contribution in [2.75, 3.05) is 12.5 Å². The first-order valence-corrected chi connectivity index (χ1v) is 6.17. The monoisotopic (exact) mass is 262 g/mol. The van der Waals surface area contributed by atoms with Crippen LogP contribution in [0.25, 0.3) is 0 Å². The lowest BCUT2D eigenvalue weighted by Crippen LogP contribution is -2.09. The number of methoxy groups -OCH3 is 1. The number of anilines is 1. The Morgan fingerprint density at radius 2 is 2.11 bits per heavy atom. The smallest absolute Gasteiger partial charge is 0.144 e. The number of hydrogen-bond donors (Lipinski definition) is 2. The average Bonchev–Trinajstić information content (AvgIpc) is 2.38. The van der Waals surface area contributed by atoms with Gasteiger partial charge in [-0.15, -0.1) is 0 Å². The second kappa shape index (κ2) is 5.70. The van der Waals surface area contributed by atoms with E-state index in [4.69, 9.17) is 10.6 Å². The first kappa shape index (κ1) is 12.7. The molecule has 3 N–H and O–H groups in total. The quantitative estimate of drug-likeness (QED) is 0.500. The Bertz CT molecular complexity index is 547. The minimum atomic E-state index is 0.605. The Kier molecular flexibility index (Phi) is 4.01. The number of nitrogen functional groups attached to an aromatic ring is 1. The summed E-state index contributed by atoms with van der Waals surface area (Å²) in [6.45, 7) is 1.83. The first-order valence-electron chi connectivity index (χ1n) is 5.35. The fourth-order valence-electron chi connectivity index (χ4n) is 1.45. The van der Waals surface area contributed by atoms with Crippen molar-refractivity contribution >= 4 is 17.6 Å². The van der Waals surface area contributed by atoms with E-state index in [1.807, 2.05) is 31.2 Å². The molecular formula is C12H14N4OS. The molecule has 1 aromatic carbocycles. The third-order valence-electron chi connectivity index (χ3n) is 2.23. The highest BCUT2D eigenvalue weighted by molar-refractivity contribution is 7.99. The molecule has 1 heterocycles. The van der Waals surface area contributed by atoms with Crippen molar-refractivity contribution in [3.8, 4) is 5.75 Å². The zero-order valence-corrected chi connectivity index (χ0v) is 11.0. The molecule has 0 aliphatic carbocycles. The van der Waals surface area contributed by atoms with Crippen LogP contribution in [0.15, 0.2) is 40.3 Å². The fourth-order valence-corrected chi connectivity index (χ4v) is 2.36. The van der Waals surface area contributed by atoms with Crippen LogP contribution in [-0.2, 0) is 0 Å². The van der Waals surface area contributed by atoms with E-state index >= 15 is 0 Å². The van der Waals surface area contributed by atoms with Gasteiger partial charge >= 0.3 is 0 Å². The maximum atomic E-state index is 5.36. The van der Waals surface area contributed by atoms with Gasteiger partial charge < -0.3 is 10.2 Å². The summed E-state index contributed by atoms with van der Waals surface area (Å²) in [5.74, 6) is 7.46. The van der Waals surface area contributed by atoms with Crippen molar-refractivity contribution in [2.24, 2.45) is 5.84 Å². The van der Waals surface area contributed by atoms with Gasteiger partial charge in [0.15, 0.2) is 0 Å². The van der Waals surface area contributed by atoms with Crippen LogP contribution in [0.5, 0.6) is 5.75 Å². The van der Waals surface area contributed by atoms with Crippen molar-refractivity contribution in [3.63, 3.8) is 0 Å². The maximum absolute atomic E-state index is 5.36. The zero-order valence-electron chi connectivity index (χ0n) is 10.2. The van der Waals surface area contributed by atoms with Crippen molar-refractivity contribution in [2.45, 2.75) is 16.8 Å². The third kappa shape index (κ3) is 3.12. The Morgan fingerprint density at radius 3 is 2.83 bits per heavy atom. The molecule has 0 bridgehead atoms. The summed E-state index contributed by atoms with van der Waals surface area (Å²) in [6.07, 6.45) is 0. The van der Waals surface area contributed by atoms with E-state index in [1.54, 1.807) is 13.2 Å². The Morgan fingerprint density at radius 1 is 1.28 bits per heavy atom. The molecule has 0 atom stereocenters. The minimum Gasteiger partial charge on any atom is -0.497 e. The van der Waals surface area contributed by atoms with Crippen LogP contribution in [-0.4, -0.2) is 17.1 Å². The van der Waals surface area contributed by atoms with Crippen LogP contribution in [0, 0.1) is 6.92 Å². The van der Waals surface area contributed by atoms with Gasteiger partial charge in [0.25, 0.3) is 0 Å². The lowest BCUT2D eigenvalue weighted by atomic mass is 10.3. The highest BCUT2D eigenvalue weighted by atomic mass is 32.2. The molecule has 1 aromatic heterocycles. The van der Waals surface area contributed by atoms with Gasteiger partial charge in [-0.1, -0.05) is 17.8 Å². The van der Waals surface area contributed by atoms with E-state index in [-0.39, 0.29) is 0 Å².